The Kier molecular flexibility index (Phi) is 5.95. The third-order valence-electron chi connectivity index (χ3n) is 3.48. The fourth-order valence-electron chi connectivity index (χ4n) is 2.32. The second-order valence-corrected chi connectivity index (χ2v) is 6.87. The van der Waals surface area contributed by atoms with E-state index in [0.717, 1.165) is 0 Å². The number of phosphoric ester groups is 1. The molecule has 0 saturated carbocycles. The van der Waals surface area contributed by atoms with Crippen LogP contribution in [0.2, 0.25) is 0 Å². The lowest BCUT2D eigenvalue weighted by Gasteiger charge is -2.20. The molecule has 3 aromatic rings. The first-order chi connectivity index (χ1) is 12.7. The standard InChI is InChI=1S/C20H19O5P/c21-16-15-17-9-7-8-14-20(17)25-26(22,23-18-10-3-1-4-11-18)24-19-12-5-2-6-13-19/h1-14,21H,15-16H2. The van der Waals surface area contributed by atoms with Crippen molar-refractivity contribution >= 4 is 7.82 Å². The van der Waals surface area contributed by atoms with Crippen molar-refractivity contribution in [1.29, 1.82) is 0 Å². The van der Waals surface area contributed by atoms with Crippen LogP contribution >= 0.6 is 7.82 Å². The van der Waals surface area contributed by atoms with Crippen LogP contribution in [0, 0.1) is 0 Å². The maximum atomic E-state index is 13.3. The van der Waals surface area contributed by atoms with Gasteiger partial charge in [0.1, 0.15) is 17.2 Å². The Bertz CT molecular complexity index is 822. The molecule has 0 aliphatic heterocycles. The van der Waals surface area contributed by atoms with Crippen molar-refractivity contribution in [1.82, 2.24) is 0 Å². The van der Waals surface area contributed by atoms with Gasteiger partial charge < -0.3 is 18.7 Å². The van der Waals surface area contributed by atoms with Crippen LogP contribution < -0.4 is 13.6 Å². The number of aliphatic hydroxyl groups is 1. The molecule has 3 rings (SSSR count). The highest BCUT2D eigenvalue weighted by Gasteiger charge is 2.33. The highest BCUT2D eigenvalue weighted by molar-refractivity contribution is 7.49. The zero-order chi connectivity index (χ0) is 18.2. The minimum absolute atomic E-state index is 0.0518. The molecule has 0 aliphatic carbocycles. The molecule has 0 atom stereocenters. The Balaban J connectivity index is 1.91. The number of phosphoric acid groups is 1. The van der Waals surface area contributed by atoms with Crippen LogP contribution in [-0.2, 0) is 11.0 Å². The fourth-order valence-corrected chi connectivity index (χ4v) is 3.61. The summed E-state index contributed by atoms with van der Waals surface area (Å²) in [6, 6.07) is 24.4. The number of rotatable bonds is 8. The van der Waals surface area contributed by atoms with Crippen molar-refractivity contribution in [2.24, 2.45) is 0 Å². The highest BCUT2D eigenvalue weighted by Crippen LogP contribution is 2.50. The molecular weight excluding hydrogens is 351 g/mol. The van der Waals surface area contributed by atoms with Gasteiger partial charge in [-0.15, -0.1) is 0 Å². The van der Waals surface area contributed by atoms with Gasteiger partial charge in [0, 0.05) is 6.61 Å². The summed E-state index contributed by atoms with van der Waals surface area (Å²) >= 11 is 0. The monoisotopic (exact) mass is 370 g/mol. The van der Waals surface area contributed by atoms with E-state index in [9.17, 15) is 9.67 Å². The van der Waals surface area contributed by atoms with Crippen molar-refractivity contribution < 1.29 is 23.2 Å². The van der Waals surface area contributed by atoms with Gasteiger partial charge in [0.2, 0.25) is 0 Å². The van der Waals surface area contributed by atoms with E-state index in [1.165, 1.54) is 0 Å². The van der Waals surface area contributed by atoms with Gasteiger partial charge in [0.15, 0.2) is 0 Å². The summed E-state index contributed by atoms with van der Waals surface area (Å²) in [6.45, 7) is -0.0518. The summed E-state index contributed by atoms with van der Waals surface area (Å²) in [5.41, 5.74) is 0.712. The maximum absolute atomic E-state index is 13.3. The normalized spacial score (nSPS) is 11.0. The lowest BCUT2D eigenvalue weighted by atomic mass is 10.1. The minimum atomic E-state index is -4.02. The minimum Gasteiger partial charge on any atom is -0.396 e. The van der Waals surface area contributed by atoms with Crippen molar-refractivity contribution in [3.05, 3.63) is 90.5 Å². The van der Waals surface area contributed by atoms with E-state index < -0.39 is 7.82 Å². The number of hydrogen-bond acceptors (Lipinski definition) is 5. The third-order valence-corrected chi connectivity index (χ3v) is 4.77. The van der Waals surface area contributed by atoms with Crippen LogP contribution in [0.1, 0.15) is 5.56 Å². The van der Waals surface area contributed by atoms with E-state index in [4.69, 9.17) is 13.6 Å². The first-order valence-corrected chi connectivity index (χ1v) is 9.62. The van der Waals surface area contributed by atoms with E-state index in [1.54, 1.807) is 66.7 Å². The van der Waals surface area contributed by atoms with Crippen molar-refractivity contribution in [2.45, 2.75) is 6.42 Å². The molecular formula is C20H19O5P. The predicted octanol–water partition coefficient (Wildman–Crippen LogP) is 4.87. The zero-order valence-corrected chi connectivity index (χ0v) is 14.9. The molecule has 0 saturated heterocycles. The Hall–Kier alpha value is -2.75. The smallest absolute Gasteiger partial charge is 0.396 e. The topological polar surface area (TPSA) is 65.0 Å². The molecule has 0 bridgehead atoms. The van der Waals surface area contributed by atoms with Gasteiger partial charge in [-0.2, -0.15) is 4.57 Å². The molecule has 5 nitrogen and oxygen atoms in total. The molecule has 0 spiro atoms. The van der Waals surface area contributed by atoms with Crippen LogP contribution in [0.5, 0.6) is 17.2 Å². The van der Waals surface area contributed by atoms with Crippen LogP contribution in [0.3, 0.4) is 0 Å². The second kappa shape index (κ2) is 8.56. The summed E-state index contributed by atoms with van der Waals surface area (Å²) in [5, 5.41) is 9.23. The van der Waals surface area contributed by atoms with Crippen molar-refractivity contribution in [2.75, 3.05) is 6.61 Å². The Labute approximate surface area is 152 Å². The third kappa shape index (κ3) is 4.88. The van der Waals surface area contributed by atoms with Gasteiger partial charge in [-0.25, -0.2) is 0 Å². The molecule has 6 heteroatoms. The van der Waals surface area contributed by atoms with Crippen LogP contribution in [0.15, 0.2) is 84.9 Å². The molecule has 1 N–H and O–H groups in total. The van der Waals surface area contributed by atoms with E-state index >= 15 is 0 Å². The summed E-state index contributed by atoms with van der Waals surface area (Å²) in [6.07, 6.45) is 0.368. The predicted molar refractivity (Wildman–Crippen MR) is 99.6 cm³/mol. The summed E-state index contributed by atoms with van der Waals surface area (Å²) < 4.78 is 30.2. The van der Waals surface area contributed by atoms with Gasteiger partial charge in [0.05, 0.1) is 0 Å². The Morgan fingerprint density at radius 3 is 1.73 bits per heavy atom. The molecule has 134 valence electrons. The van der Waals surface area contributed by atoms with Gasteiger partial charge >= 0.3 is 7.82 Å². The van der Waals surface area contributed by atoms with Crippen LogP contribution in [-0.4, -0.2) is 11.7 Å². The Morgan fingerprint density at radius 2 is 1.19 bits per heavy atom. The number of benzene rings is 3. The fraction of sp³-hybridized carbons (Fsp3) is 0.100. The molecule has 0 aliphatic rings. The van der Waals surface area contributed by atoms with Gasteiger partial charge in [-0.1, -0.05) is 54.6 Å². The van der Waals surface area contributed by atoms with E-state index in [0.29, 0.717) is 29.2 Å². The lowest BCUT2D eigenvalue weighted by molar-refractivity contribution is 0.287. The lowest BCUT2D eigenvalue weighted by Crippen LogP contribution is -2.09. The quantitative estimate of drug-likeness (QED) is 0.573. The first kappa shape index (κ1) is 18.1. The van der Waals surface area contributed by atoms with Gasteiger partial charge in [-0.05, 0) is 42.3 Å². The highest BCUT2D eigenvalue weighted by atomic mass is 31.2. The largest absolute Gasteiger partial charge is 0.647 e. The molecule has 26 heavy (non-hydrogen) atoms. The van der Waals surface area contributed by atoms with Crippen molar-refractivity contribution in [3.8, 4) is 17.2 Å². The molecule has 0 radical (unpaired) electrons. The number of hydrogen-bond donors (Lipinski definition) is 1. The SMILES string of the molecule is O=P(Oc1ccccc1)(Oc1ccccc1)Oc1ccccc1CCO. The number of aliphatic hydroxyl groups excluding tert-OH is 1. The van der Waals surface area contributed by atoms with Gasteiger partial charge in [0.25, 0.3) is 0 Å². The maximum Gasteiger partial charge on any atom is 0.647 e. The van der Waals surface area contributed by atoms with Crippen molar-refractivity contribution in [3.63, 3.8) is 0 Å². The van der Waals surface area contributed by atoms with E-state index in [-0.39, 0.29) is 6.61 Å². The molecule has 0 fully saturated rings. The average Bonchev–Trinajstić information content (AvgIpc) is 2.65. The van der Waals surface area contributed by atoms with E-state index in [1.807, 2.05) is 18.2 Å². The van der Waals surface area contributed by atoms with Crippen LogP contribution in [0.25, 0.3) is 0 Å². The van der Waals surface area contributed by atoms with Gasteiger partial charge in [-0.3, -0.25) is 0 Å². The molecule has 3 aromatic carbocycles. The molecule has 0 heterocycles. The number of para-hydroxylation sites is 3. The molecule has 0 unspecified atom stereocenters. The molecule has 0 aromatic heterocycles. The summed E-state index contributed by atoms with van der Waals surface area (Å²) in [7, 11) is -4.02. The Morgan fingerprint density at radius 1 is 0.692 bits per heavy atom. The second-order valence-electron chi connectivity index (χ2n) is 5.43. The summed E-state index contributed by atoms with van der Waals surface area (Å²) in [5.74, 6) is 1.08. The zero-order valence-electron chi connectivity index (χ0n) is 14.0. The first-order valence-electron chi connectivity index (χ1n) is 8.16. The van der Waals surface area contributed by atoms with E-state index in [2.05, 4.69) is 0 Å². The summed E-state index contributed by atoms with van der Waals surface area (Å²) in [4.78, 5) is 0. The van der Waals surface area contributed by atoms with Crippen LogP contribution in [0.4, 0.5) is 0 Å². The molecule has 0 amide bonds. The average molecular weight is 370 g/mol.